The molecule has 1 rings (SSSR count). The number of rotatable bonds is 7. The van der Waals surface area contributed by atoms with Gasteiger partial charge in [0.1, 0.15) is 5.76 Å². The van der Waals surface area contributed by atoms with E-state index in [1.807, 2.05) is 19.9 Å². The second kappa shape index (κ2) is 7.57. The predicted octanol–water partition coefficient (Wildman–Crippen LogP) is 2.26. The summed E-state index contributed by atoms with van der Waals surface area (Å²) in [5.41, 5.74) is 0. The Bertz CT molecular complexity index is 430. The number of nitrogens with zero attached hydrogens (tertiary/aromatic N) is 2. The molecule has 0 fully saturated rings. The molecule has 0 radical (unpaired) electrons. The molecule has 0 saturated carbocycles. The third-order valence-corrected chi connectivity index (χ3v) is 3.15. The fourth-order valence-corrected chi connectivity index (χ4v) is 1.86. The molecule has 0 spiro atoms. The number of hydrogen-bond donors (Lipinski definition) is 1. The molecule has 1 heterocycles. The normalized spacial score (nSPS) is 11.9. The van der Waals surface area contributed by atoms with Crippen LogP contribution >= 0.6 is 0 Å². The summed E-state index contributed by atoms with van der Waals surface area (Å²) in [6.45, 7) is 6.94. The molecular weight excluding hydrogens is 260 g/mol. The first kappa shape index (κ1) is 16.1. The van der Waals surface area contributed by atoms with Gasteiger partial charge in [-0.2, -0.15) is 0 Å². The summed E-state index contributed by atoms with van der Waals surface area (Å²) in [5, 5.41) is 8.94. The maximum absolute atomic E-state index is 12.4. The molecule has 0 aliphatic carbocycles. The molecule has 0 aliphatic rings. The van der Waals surface area contributed by atoms with E-state index >= 15 is 0 Å². The molecule has 1 atom stereocenters. The van der Waals surface area contributed by atoms with E-state index in [1.165, 1.54) is 0 Å². The Kier molecular flexibility index (Phi) is 6.09. The lowest BCUT2D eigenvalue weighted by molar-refractivity contribution is -0.141. The van der Waals surface area contributed by atoms with E-state index in [-0.39, 0.29) is 12.6 Å². The fraction of sp³-hybridized carbons (Fsp3) is 0.571. The van der Waals surface area contributed by atoms with Gasteiger partial charge in [0.05, 0.1) is 18.7 Å². The van der Waals surface area contributed by atoms with Crippen molar-refractivity contribution in [3.63, 3.8) is 0 Å². The number of urea groups is 1. The lowest BCUT2D eigenvalue weighted by atomic mass is 10.2. The first-order valence-corrected chi connectivity index (χ1v) is 6.78. The van der Waals surface area contributed by atoms with Crippen molar-refractivity contribution in [1.29, 1.82) is 0 Å². The van der Waals surface area contributed by atoms with E-state index in [2.05, 4.69) is 0 Å². The molecule has 6 heteroatoms. The van der Waals surface area contributed by atoms with Crippen molar-refractivity contribution in [2.45, 2.75) is 27.3 Å². The van der Waals surface area contributed by atoms with Crippen molar-refractivity contribution in [2.24, 2.45) is 5.92 Å². The molecule has 20 heavy (non-hydrogen) atoms. The highest BCUT2D eigenvalue weighted by atomic mass is 16.4. The summed E-state index contributed by atoms with van der Waals surface area (Å²) in [7, 11) is 0. The Labute approximate surface area is 119 Å². The molecule has 112 valence electrons. The number of carbonyl (C=O) groups excluding carboxylic acids is 1. The molecule has 1 aromatic rings. The van der Waals surface area contributed by atoms with Gasteiger partial charge in [-0.1, -0.05) is 6.92 Å². The largest absolute Gasteiger partial charge is 0.481 e. The van der Waals surface area contributed by atoms with Gasteiger partial charge < -0.3 is 19.3 Å². The number of carboxylic acid groups (broad SMARTS) is 1. The molecule has 0 saturated heterocycles. The van der Waals surface area contributed by atoms with Gasteiger partial charge in [0.15, 0.2) is 0 Å². The summed E-state index contributed by atoms with van der Waals surface area (Å²) >= 11 is 0. The molecule has 0 aliphatic heterocycles. The number of aliphatic carboxylic acids is 1. The maximum Gasteiger partial charge on any atom is 0.320 e. The van der Waals surface area contributed by atoms with Gasteiger partial charge in [-0.25, -0.2) is 4.79 Å². The summed E-state index contributed by atoms with van der Waals surface area (Å²) in [4.78, 5) is 26.5. The van der Waals surface area contributed by atoms with Crippen LogP contribution < -0.4 is 0 Å². The highest BCUT2D eigenvalue weighted by Gasteiger charge is 2.23. The Morgan fingerprint density at radius 1 is 1.30 bits per heavy atom. The first-order chi connectivity index (χ1) is 9.49. The molecule has 1 unspecified atom stereocenters. The number of carboxylic acids is 1. The zero-order valence-electron chi connectivity index (χ0n) is 12.2. The number of hydrogen-bond acceptors (Lipinski definition) is 3. The number of amides is 2. The van der Waals surface area contributed by atoms with E-state index in [0.29, 0.717) is 25.4 Å². The highest BCUT2D eigenvalue weighted by Crippen LogP contribution is 2.10. The molecule has 2 amide bonds. The minimum Gasteiger partial charge on any atom is -0.481 e. The average Bonchev–Trinajstić information content (AvgIpc) is 2.93. The van der Waals surface area contributed by atoms with E-state index in [9.17, 15) is 9.59 Å². The quantitative estimate of drug-likeness (QED) is 0.832. The Hall–Kier alpha value is -1.98. The fourth-order valence-electron chi connectivity index (χ4n) is 1.86. The van der Waals surface area contributed by atoms with Crippen LogP contribution in [-0.4, -0.2) is 46.5 Å². The summed E-state index contributed by atoms with van der Waals surface area (Å²) in [5.74, 6) is -0.769. The zero-order valence-corrected chi connectivity index (χ0v) is 12.2. The zero-order chi connectivity index (χ0) is 15.1. The number of carbonyl (C=O) groups is 2. The summed E-state index contributed by atoms with van der Waals surface area (Å²) < 4.78 is 5.24. The molecule has 0 bridgehead atoms. The summed E-state index contributed by atoms with van der Waals surface area (Å²) in [6.07, 6.45) is 1.57. The van der Waals surface area contributed by atoms with Gasteiger partial charge in [-0.15, -0.1) is 0 Å². The standard InChI is InChI=1S/C14H22N2O4/c1-4-15(9-11(3)13(17)18)14(19)16(5-2)10-12-7-6-8-20-12/h6-8,11H,4-5,9-10H2,1-3H3,(H,17,18). The second-order valence-corrected chi connectivity index (χ2v) is 4.65. The maximum atomic E-state index is 12.4. The van der Waals surface area contributed by atoms with E-state index in [1.54, 1.807) is 29.1 Å². The van der Waals surface area contributed by atoms with Gasteiger partial charge in [0, 0.05) is 19.6 Å². The van der Waals surface area contributed by atoms with Gasteiger partial charge >= 0.3 is 12.0 Å². The van der Waals surface area contributed by atoms with Crippen LogP contribution in [0.25, 0.3) is 0 Å². The van der Waals surface area contributed by atoms with Gasteiger partial charge in [0.25, 0.3) is 0 Å². The topological polar surface area (TPSA) is 74.0 Å². The van der Waals surface area contributed by atoms with E-state index < -0.39 is 11.9 Å². The molecule has 1 aromatic heterocycles. The number of furan rings is 1. The summed E-state index contributed by atoms with van der Waals surface area (Å²) in [6, 6.07) is 3.42. The van der Waals surface area contributed by atoms with E-state index in [4.69, 9.17) is 9.52 Å². The van der Waals surface area contributed by atoms with Crippen molar-refractivity contribution in [1.82, 2.24) is 9.80 Å². The Morgan fingerprint density at radius 2 is 1.95 bits per heavy atom. The van der Waals surface area contributed by atoms with Gasteiger partial charge in [-0.3, -0.25) is 4.79 Å². The van der Waals surface area contributed by atoms with Crippen LogP contribution in [0.5, 0.6) is 0 Å². The minimum atomic E-state index is -0.898. The predicted molar refractivity (Wildman–Crippen MR) is 74.2 cm³/mol. The van der Waals surface area contributed by atoms with Crippen LogP contribution in [0, 0.1) is 5.92 Å². The van der Waals surface area contributed by atoms with Crippen molar-refractivity contribution in [3.05, 3.63) is 24.2 Å². The third kappa shape index (κ3) is 4.29. The van der Waals surface area contributed by atoms with Crippen LogP contribution in [0.2, 0.25) is 0 Å². The molecular formula is C14H22N2O4. The Balaban J connectivity index is 2.69. The highest BCUT2D eigenvalue weighted by molar-refractivity contribution is 5.76. The van der Waals surface area contributed by atoms with Crippen LogP contribution in [0.4, 0.5) is 4.79 Å². The van der Waals surface area contributed by atoms with Crippen molar-refractivity contribution in [3.8, 4) is 0 Å². The third-order valence-electron chi connectivity index (χ3n) is 3.15. The average molecular weight is 282 g/mol. The second-order valence-electron chi connectivity index (χ2n) is 4.65. The minimum absolute atomic E-state index is 0.167. The Morgan fingerprint density at radius 3 is 2.40 bits per heavy atom. The monoisotopic (exact) mass is 282 g/mol. The van der Waals surface area contributed by atoms with Crippen molar-refractivity contribution in [2.75, 3.05) is 19.6 Å². The van der Waals surface area contributed by atoms with E-state index in [0.717, 1.165) is 0 Å². The molecule has 1 N–H and O–H groups in total. The van der Waals surface area contributed by atoms with Crippen LogP contribution in [-0.2, 0) is 11.3 Å². The van der Waals surface area contributed by atoms with Crippen molar-refractivity contribution >= 4 is 12.0 Å². The molecule has 0 aromatic carbocycles. The molecule has 6 nitrogen and oxygen atoms in total. The van der Waals surface area contributed by atoms with Crippen LogP contribution in [0.3, 0.4) is 0 Å². The lowest BCUT2D eigenvalue weighted by Gasteiger charge is -2.29. The first-order valence-electron chi connectivity index (χ1n) is 6.78. The SMILES string of the molecule is CCN(Cc1ccco1)C(=O)N(CC)CC(C)C(=O)O. The van der Waals surface area contributed by atoms with Gasteiger partial charge in [0.2, 0.25) is 0 Å². The van der Waals surface area contributed by atoms with Crippen LogP contribution in [0.1, 0.15) is 26.5 Å². The van der Waals surface area contributed by atoms with Crippen LogP contribution in [0.15, 0.2) is 22.8 Å². The lowest BCUT2D eigenvalue weighted by Crippen LogP contribution is -2.45. The van der Waals surface area contributed by atoms with Crippen molar-refractivity contribution < 1.29 is 19.1 Å². The smallest absolute Gasteiger partial charge is 0.320 e. The van der Waals surface area contributed by atoms with Gasteiger partial charge in [-0.05, 0) is 26.0 Å².